The number of carbonyl (C=O) groups excluding carboxylic acids is 1. The highest BCUT2D eigenvalue weighted by Crippen LogP contribution is 2.20. The summed E-state index contributed by atoms with van der Waals surface area (Å²) in [5.74, 6) is -0.375. The van der Waals surface area contributed by atoms with E-state index in [0.717, 1.165) is 16.5 Å². The lowest BCUT2D eigenvalue weighted by molar-refractivity contribution is -0.148. The molecule has 0 unspecified atom stereocenters. The predicted octanol–water partition coefficient (Wildman–Crippen LogP) is 3.39. The van der Waals surface area contributed by atoms with Crippen molar-refractivity contribution in [2.24, 2.45) is 0 Å². The van der Waals surface area contributed by atoms with E-state index in [4.69, 9.17) is 10.00 Å². The molecule has 0 bridgehead atoms. The molecule has 0 spiro atoms. The molecule has 2 rings (SSSR count). The fourth-order valence-electron chi connectivity index (χ4n) is 1.85. The summed E-state index contributed by atoms with van der Waals surface area (Å²) in [6, 6.07) is 7.48. The maximum atomic E-state index is 11.6. The molecule has 4 nitrogen and oxygen atoms in total. The molecule has 0 fully saturated rings. The molecule has 0 aliphatic heterocycles. The molecule has 2 aromatic rings. The fraction of sp³-hybridized carbons (Fsp3) is 0.250. The van der Waals surface area contributed by atoms with Crippen molar-refractivity contribution in [1.29, 1.82) is 5.26 Å². The lowest BCUT2D eigenvalue weighted by Gasteiger charge is -2.17. The van der Waals surface area contributed by atoms with E-state index in [1.165, 1.54) is 6.08 Å². The number of aromatic nitrogens is 1. The second-order valence-corrected chi connectivity index (χ2v) is 5.48. The van der Waals surface area contributed by atoms with Crippen molar-refractivity contribution in [1.82, 2.24) is 4.98 Å². The zero-order valence-electron chi connectivity index (χ0n) is 11.7. The number of hydrogen-bond acceptors (Lipinski definition) is 3. The molecule has 102 valence electrons. The molecule has 0 aliphatic carbocycles. The van der Waals surface area contributed by atoms with E-state index in [1.807, 2.05) is 26.8 Å². The summed E-state index contributed by atoms with van der Waals surface area (Å²) >= 11 is 0. The van der Waals surface area contributed by atoms with Gasteiger partial charge >= 0.3 is 5.97 Å². The van der Waals surface area contributed by atoms with Crippen LogP contribution in [0.15, 0.2) is 30.5 Å². The van der Waals surface area contributed by atoms with Crippen molar-refractivity contribution in [3.63, 3.8) is 0 Å². The van der Waals surface area contributed by atoms with Gasteiger partial charge in [0.15, 0.2) is 0 Å². The van der Waals surface area contributed by atoms with Gasteiger partial charge in [-0.15, -0.1) is 0 Å². The molecule has 0 radical (unpaired) electrons. The van der Waals surface area contributed by atoms with Gasteiger partial charge in [0.2, 0.25) is 0 Å². The molecule has 1 aromatic carbocycles. The minimum Gasteiger partial charge on any atom is -0.457 e. The summed E-state index contributed by atoms with van der Waals surface area (Å²) in [6.07, 6.45) is 4.91. The Kier molecular flexibility index (Phi) is 3.62. The number of nitrogens with zero attached hydrogens (tertiary/aromatic N) is 1. The van der Waals surface area contributed by atoms with Crippen molar-refractivity contribution in [2.75, 3.05) is 0 Å². The SMILES string of the molecule is CC(C)(C)OC(=O)C=Cc1c[nH]c2cc(C#N)ccc12. The summed E-state index contributed by atoms with van der Waals surface area (Å²) in [5.41, 5.74) is 1.86. The van der Waals surface area contributed by atoms with Crippen molar-refractivity contribution in [3.05, 3.63) is 41.6 Å². The number of H-pyrrole nitrogens is 1. The molecular formula is C16H16N2O2. The van der Waals surface area contributed by atoms with E-state index in [0.29, 0.717) is 5.56 Å². The number of nitriles is 1. The predicted molar refractivity (Wildman–Crippen MR) is 77.9 cm³/mol. The first-order valence-electron chi connectivity index (χ1n) is 6.31. The maximum absolute atomic E-state index is 11.6. The van der Waals surface area contributed by atoms with Crippen molar-refractivity contribution >= 4 is 22.9 Å². The van der Waals surface area contributed by atoms with E-state index in [9.17, 15) is 4.79 Å². The number of nitrogens with one attached hydrogen (secondary N) is 1. The van der Waals surface area contributed by atoms with Gasteiger partial charge in [0.05, 0.1) is 11.6 Å². The summed E-state index contributed by atoms with van der Waals surface area (Å²) in [6.45, 7) is 5.48. The molecule has 4 heteroatoms. The van der Waals surface area contributed by atoms with Crippen LogP contribution in [0.5, 0.6) is 0 Å². The Balaban J connectivity index is 2.22. The van der Waals surface area contributed by atoms with Gasteiger partial charge in [0, 0.05) is 28.7 Å². The first-order chi connectivity index (χ1) is 9.39. The second kappa shape index (κ2) is 5.22. The first-order valence-corrected chi connectivity index (χ1v) is 6.31. The van der Waals surface area contributed by atoms with Crippen LogP contribution in [0.4, 0.5) is 0 Å². The van der Waals surface area contributed by atoms with Gasteiger partial charge in [0.1, 0.15) is 5.60 Å². The minimum absolute atomic E-state index is 0.375. The lowest BCUT2D eigenvalue weighted by Crippen LogP contribution is -2.22. The van der Waals surface area contributed by atoms with E-state index in [1.54, 1.807) is 24.4 Å². The largest absolute Gasteiger partial charge is 0.457 e. The standard InChI is InChI=1S/C16H16N2O2/c1-16(2,3)20-15(19)7-5-12-10-18-14-8-11(9-17)4-6-13(12)14/h4-8,10,18H,1-3H3. The molecule has 0 amide bonds. The first kappa shape index (κ1) is 13.9. The average Bonchev–Trinajstić information content (AvgIpc) is 2.76. The Bertz CT molecular complexity index is 712. The summed E-state index contributed by atoms with van der Waals surface area (Å²) in [4.78, 5) is 14.7. The van der Waals surface area contributed by atoms with Crippen LogP contribution >= 0.6 is 0 Å². The van der Waals surface area contributed by atoms with Crippen LogP contribution in [0.25, 0.3) is 17.0 Å². The van der Waals surface area contributed by atoms with Crippen LogP contribution in [0.3, 0.4) is 0 Å². The quantitative estimate of drug-likeness (QED) is 0.670. The van der Waals surface area contributed by atoms with Gasteiger partial charge in [-0.3, -0.25) is 0 Å². The normalized spacial score (nSPS) is 11.7. The number of ether oxygens (including phenoxy) is 1. The van der Waals surface area contributed by atoms with Gasteiger partial charge in [-0.2, -0.15) is 5.26 Å². The number of carbonyl (C=O) groups is 1. The molecule has 0 atom stereocenters. The van der Waals surface area contributed by atoms with Crippen LogP contribution in [0.1, 0.15) is 31.9 Å². The van der Waals surface area contributed by atoms with Crippen molar-refractivity contribution in [3.8, 4) is 6.07 Å². The number of benzene rings is 1. The Morgan fingerprint density at radius 3 is 2.80 bits per heavy atom. The molecular weight excluding hydrogens is 252 g/mol. The monoisotopic (exact) mass is 268 g/mol. The van der Waals surface area contributed by atoms with Crippen LogP contribution in [0.2, 0.25) is 0 Å². The fourth-order valence-corrected chi connectivity index (χ4v) is 1.85. The number of fused-ring (bicyclic) bond motifs is 1. The highest BCUT2D eigenvalue weighted by molar-refractivity contribution is 5.94. The number of aromatic amines is 1. The van der Waals surface area contributed by atoms with Crippen LogP contribution < -0.4 is 0 Å². The van der Waals surface area contributed by atoms with Gasteiger partial charge < -0.3 is 9.72 Å². The molecule has 0 saturated carbocycles. The van der Waals surface area contributed by atoms with E-state index in [-0.39, 0.29) is 5.97 Å². The highest BCUT2D eigenvalue weighted by Gasteiger charge is 2.14. The molecule has 0 aliphatic rings. The molecule has 0 saturated heterocycles. The third kappa shape index (κ3) is 3.27. The van der Waals surface area contributed by atoms with E-state index in [2.05, 4.69) is 11.1 Å². The number of esters is 1. The average molecular weight is 268 g/mol. The lowest BCUT2D eigenvalue weighted by atomic mass is 10.1. The number of hydrogen-bond donors (Lipinski definition) is 1. The van der Waals surface area contributed by atoms with Crippen LogP contribution in [-0.2, 0) is 9.53 Å². The zero-order valence-corrected chi connectivity index (χ0v) is 11.7. The zero-order chi connectivity index (χ0) is 14.8. The molecule has 1 N–H and O–H groups in total. The maximum Gasteiger partial charge on any atom is 0.331 e. The van der Waals surface area contributed by atoms with Gasteiger partial charge in [-0.05, 0) is 39.0 Å². The van der Waals surface area contributed by atoms with Crippen molar-refractivity contribution < 1.29 is 9.53 Å². The summed E-state index contributed by atoms with van der Waals surface area (Å²) < 4.78 is 5.21. The van der Waals surface area contributed by atoms with Gasteiger partial charge in [-0.1, -0.05) is 6.07 Å². The highest BCUT2D eigenvalue weighted by atomic mass is 16.6. The van der Waals surface area contributed by atoms with Gasteiger partial charge in [-0.25, -0.2) is 4.79 Å². The van der Waals surface area contributed by atoms with Crippen molar-refractivity contribution in [2.45, 2.75) is 26.4 Å². The van der Waals surface area contributed by atoms with E-state index >= 15 is 0 Å². The molecule has 20 heavy (non-hydrogen) atoms. The Morgan fingerprint density at radius 2 is 2.15 bits per heavy atom. The molecule has 1 aromatic heterocycles. The Labute approximate surface area is 117 Å². The van der Waals surface area contributed by atoms with Crippen LogP contribution in [-0.4, -0.2) is 16.6 Å². The Morgan fingerprint density at radius 1 is 1.40 bits per heavy atom. The summed E-state index contributed by atoms with van der Waals surface area (Å²) in [5, 5.41) is 9.81. The Hall–Kier alpha value is -2.54. The summed E-state index contributed by atoms with van der Waals surface area (Å²) in [7, 11) is 0. The second-order valence-electron chi connectivity index (χ2n) is 5.48. The van der Waals surface area contributed by atoms with Gasteiger partial charge in [0.25, 0.3) is 0 Å². The molecule has 1 heterocycles. The minimum atomic E-state index is -0.497. The smallest absolute Gasteiger partial charge is 0.331 e. The number of rotatable bonds is 2. The third-order valence-electron chi connectivity index (χ3n) is 2.65. The van der Waals surface area contributed by atoms with E-state index < -0.39 is 5.60 Å². The topological polar surface area (TPSA) is 65.9 Å². The third-order valence-corrected chi connectivity index (χ3v) is 2.65. The van der Waals surface area contributed by atoms with Crippen LogP contribution in [0, 0.1) is 11.3 Å².